The molecule has 8 heteroatoms. The van der Waals surface area contributed by atoms with Gasteiger partial charge in [-0.2, -0.15) is 0 Å². The zero-order chi connectivity index (χ0) is 22.1. The summed E-state index contributed by atoms with van der Waals surface area (Å²) >= 11 is 0. The molecule has 0 aromatic carbocycles. The van der Waals surface area contributed by atoms with Crippen molar-refractivity contribution in [3.8, 4) is 0 Å². The lowest BCUT2D eigenvalue weighted by Gasteiger charge is -2.69. The second kappa shape index (κ2) is 6.02. The smallest absolute Gasteiger partial charge is 0.255 e. The molecule has 0 aromatic heterocycles. The molecule has 1 heterocycles. The van der Waals surface area contributed by atoms with Gasteiger partial charge in [0, 0.05) is 69.4 Å². The molecule has 0 radical (unpaired) electrons. The van der Waals surface area contributed by atoms with E-state index in [0.29, 0.717) is 38.6 Å². The maximum atomic E-state index is 13.5. The molecule has 6 rings (SSSR count). The fourth-order valence-corrected chi connectivity index (χ4v) is 10.1. The van der Waals surface area contributed by atoms with Gasteiger partial charge in [-0.3, -0.25) is 4.79 Å². The lowest BCUT2D eigenvalue weighted by Crippen LogP contribution is -2.83. The standard InChI is InChI=1S/C23H35NO7/c1-5-24-17-12-9-14-20(26,19(24)25)7-6-16(30-3)22(14,17)15-8-11-13(29-2)10-21(12,27)23(15,28)18(11)31-4/h11-18,26-28H,5-10H2,1-4H3/t11-,12+,13+,14-,15+,16+,17-,18+,20+,21+,22+,23+/m1/s1. The van der Waals surface area contributed by atoms with E-state index in [-0.39, 0.29) is 47.8 Å². The highest BCUT2D eigenvalue weighted by Gasteiger charge is 2.89. The Hall–Kier alpha value is -0.770. The van der Waals surface area contributed by atoms with Crippen LogP contribution < -0.4 is 0 Å². The lowest BCUT2D eigenvalue weighted by molar-refractivity contribution is -0.331. The first-order valence-corrected chi connectivity index (χ1v) is 11.8. The van der Waals surface area contributed by atoms with Gasteiger partial charge in [-0.1, -0.05) is 0 Å². The summed E-state index contributed by atoms with van der Waals surface area (Å²) in [5, 5.41) is 36.6. The molecular formula is C23H35NO7. The first-order valence-electron chi connectivity index (χ1n) is 11.8. The maximum absolute atomic E-state index is 13.5. The van der Waals surface area contributed by atoms with Crippen LogP contribution in [0.1, 0.15) is 39.0 Å². The van der Waals surface area contributed by atoms with E-state index in [1.165, 1.54) is 0 Å². The molecule has 0 aromatic rings. The van der Waals surface area contributed by atoms with Crippen molar-refractivity contribution in [3.63, 3.8) is 0 Å². The Kier molecular flexibility index (Phi) is 4.04. The number of piperidine rings is 1. The molecule has 12 atom stereocenters. The van der Waals surface area contributed by atoms with Gasteiger partial charge in [-0.05, 0) is 32.6 Å². The van der Waals surface area contributed by atoms with Crippen molar-refractivity contribution in [2.45, 2.75) is 80.2 Å². The van der Waals surface area contributed by atoms with Crippen LogP contribution in [0, 0.1) is 29.1 Å². The van der Waals surface area contributed by atoms with Gasteiger partial charge in [-0.15, -0.1) is 0 Å². The Balaban J connectivity index is 1.65. The Morgan fingerprint density at radius 3 is 2.42 bits per heavy atom. The van der Waals surface area contributed by atoms with Crippen molar-refractivity contribution in [2.75, 3.05) is 27.9 Å². The van der Waals surface area contributed by atoms with Crippen LogP contribution in [-0.4, -0.2) is 95.2 Å². The fourth-order valence-electron chi connectivity index (χ4n) is 10.1. The van der Waals surface area contributed by atoms with Crippen LogP contribution in [0.3, 0.4) is 0 Å². The SMILES string of the molecule is CCN1C(=O)[C@]2(O)CC[C@H](OC)[C@]34[C@H]1[C@H](C[C@@H]32)[C@@]1(O)C[C@H](OC)[C@H]2C[C@@H]4[C@]1(O)[C@H]2OC. The molecule has 5 saturated carbocycles. The van der Waals surface area contributed by atoms with E-state index in [4.69, 9.17) is 14.2 Å². The van der Waals surface area contributed by atoms with Gasteiger partial charge in [0.15, 0.2) is 0 Å². The molecular weight excluding hydrogens is 402 g/mol. The van der Waals surface area contributed by atoms with Crippen molar-refractivity contribution < 1.29 is 34.3 Å². The number of nitrogens with zero attached hydrogens (tertiary/aromatic N) is 1. The van der Waals surface area contributed by atoms with Gasteiger partial charge < -0.3 is 34.4 Å². The van der Waals surface area contributed by atoms with Gasteiger partial charge >= 0.3 is 0 Å². The van der Waals surface area contributed by atoms with E-state index >= 15 is 0 Å². The lowest BCUT2D eigenvalue weighted by atomic mass is 9.43. The maximum Gasteiger partial charge on any atom is 0.255 e. The molecule has 1 spiro atoms. The minimum Gasteiger partial charge on any atom is -0.386 e. The Morgan fingerprint density at radius 2 is 1.81 bits per heavy atom. The van der Waals surface area contributed by atoms with Gasteiger partial charge in [0.25, 0.3) is 5.91 Å². The van der Waals surface area contributed by atoms with Gasteiger partial charge in [0.05, 0.1) is 18.3 Å². The molecule has 1 amide bonds. The molecule has 8 nitrogen and oxygen atoms in total. The van der Waals surface area contributed by atoms with Crippen molar-refractivity contribution in [1.82, 2.24) is 4.90 Å². The van der Waals surface area contributed by atoms with E-state index in [2.05, 4.69) is 0 Å². The minimum absolute atomic E-state index is 0.0574. The number of hydrogen-bond donors (Lipinski definition) is 3. The van der Waals surface area contributed by atoms with Crippen molar-refractivity contribution in [2.24, 2.45) is 29.1 Å². The monoisotopic (exact) mass is 437 g/mol. The summed E-state index contributed by atoms with van der Waals surface area (Å²) in [5.41, 5.74) is -5.02. The average Bonchev–Trinajstić information content (AvgIpc) is 3.20. The molecule has 31 heavy (non-hydrogen) atoms. The van der Waals surface area contributed by atoms with Crippen LogP contribution in [0.25, 0.3) is 0 Å². The summed E-state index contributed by atoms with van der Waals surface area (Å²) in [6, 6.07) is -0.275. The van der Waals surface area contributed by atoms with E-state index in [9.17, 15) is 20.1 Å². The third-order valence-electron chi connectivity index (χ3n) is 10.8. The molecule has 174 valence electrons. The summed E-state index contributed by atoms with van der Waals surface area (Å²) < 4.78 is 17.8. The van der Waals surface area contributed by atoms with E-state index in [0.717, 1.165) is 0 Å². The molecule has 0 unspecified atom stereocenters. The van der Waals surface area contributed by atoms with Crippen LogP contribution in [0.5, 0.6) is 0 Å². The summed E-state index contributed by atoms with van der Waals surface area (Å²) in [4.78, 5) is 15.3. The number of likely N-dealkylation sites (N-methyl/N-ethyl adjacent to an activating group) is 1. The van der Waals surface area contributed by atoms with Crippen LogP contribution >= 0.6 is 0 Å². The number of methoxy groups -OCH3 is 3. The van der Waals surface area contributed by atoms with E-state index in [1.54, 1.807) is 26.2 Å². The van der Waals surface area contributed by atoms with Gasteiger partial charge in [-0.25, -0.2) is 0 Å². The van der Waals surface area contributed by atoms with Crippen molar-refractivity contribution in [1.29, 1.82) is 0 Å². The van der Waals surface area contributed by atoms with Gasteiger partial charge in [0.2, 0.25) is 0 Å². The Morgan fingerprint density at radius 1 is 1.06 bits per heavy atom. The molecule has 5 aliphatic carbocycles. The second-order valence-corrected chi connectivity index (χ2v) is 11.0. The third-order valence-corrected chi connectivity index (χ3v) is 10.8. The normalized spacial score (nSPS) is 61.1. The van der Waals surface area contributed by atoms with Crippen LogP contribution in [0.4, 0.5) is 0 Å². The molecule has 1 aliphatic heterocycles. The number of hydrogen-bond acceptors (Lipinski definition) is 7. The number of carbonyl (C=O) groups is 1. The Labute approximate surface area is 182 Å². The number of rotatable bonds is 4. The predicted octanol–water partition coefficient (Wildman–Crippen LogP) is -0.0749. The van der Waals surface area contributed by atoms with E-state index in [1.807, 2.05) is 6.92 Å². The number of carbonyl (C=O) groups excluding carboxylic acids is 1. The summed E-state index contributed by atoms with van der Waals surface area (Å²) in [7, 11) is 4.95. The highest BCUT2D eigenvalue weighted by molar-refractivity contribution is 5.88. The molecule has 3 N–H and O–H groups in total. The zero-order valence-corrected chi connectivity index (χ0v) is 18.8. The zero-order valence-electron chi connectivity index (χ0n) is 18.8. The third kappa shape index (κ3) is 1.82. The summed E-state index contributed by atoms with van der Waals surface area (Å²) in [6.07, 6.45) is 1.36. The number of fused-ring (bicyclic) bond motifs is 2. The predicted molar refractivity (Wildman–Crippen MR) is 108 cm³/mol. The summed E-state index contributed by atoms with van der Waals surface area (Å²) in [6.45, 7) is 2.39. The number of likely N-dealkylation sites (tertiary alicyclic amines) is 1. The van der Waals surface area contributed by atoms with E-state index < -0.39 is 28.3 Å². The fraction of sp³-hybridized carbons (Fsp3) is 0.957. The molecule has 6 aliphatic rings. The van der Waals surface area contributed by atoms with Crippen LogP contribution in [0.15, 0.2) is 0 Å². The van der Waals surface area contributed by atoms with Gasteiger partial charge in [0.1, 0.15) is 16.8 Å². The molecule has 7 bridgehead atoms. The minimum atomic E-state index is -1.47. The summed E-state index contributed by atoms with van der Waals surface area (Å²) in [5.74, 6) is -1.34. The Bertz CT molecular complexity index is 824. The number of aliphatic hydroxyl groups is 3. The van der Waals surface area contributed by atoms with Crippen molar-refractivity contribution in [3.05, 3.63) is 0 Å². The van der Waals surface area contributed by atoms with Crippen molar-refractivity contribution >= 4 is 5.91 Å². The number of amides is 1. The molecule has 6 fully saturated rings. The van der Waals surface area contributed by atoms with Crippen LogP contribution in [-0.2, 0) is 19.0 Å². The second-order valence-electron chi connectivity index (χ2n) is 11.0. The molecule has 1 saturated heterocycles. The number of ether oxygens (including phenoxy) is 3. The quantitative estimate of drug-likeness (QED) is 0.565. The highest BCUT2D eigenvalue weighted by Crippen LogP contribution is 2.79. The average molecular weight is 438 g/mol. The van der Waals surface area contributed by atoms with Crippen LogP contribution in [0.2, 0.25) is 0 Å². The largest absolute Gasteiger partial charge is 0.386 e. The first kappa shape index (κ1) is 20.8. The topological polar surface area (TPSA) is 109 Å². The highest BCUT2D eigenvalue weighted by atomic mass is 16.5. The first-order chi connectivity index (χ1) is 14.7.